The molecular formula is C33H30N2. The van der Waals surface area contributed by atoms with Gasteiger partial charge < -0.3 is 0 Å². The van der Waals surface area contributed by atoms with E-state index in [1.54, 1.807) is 6.08 Å². The zero-order valence-electron chi connectivity index (χ0n) is 20.1. The Bertz CT molecular complexity index is 1350. The Labute approximate surface area is 208 Å². The van der Waals surface area contributed by atoms with Gasteiger partial charge in [0.15, 0.2) is 0 Å². The molecule has 0 fully saturated rings. The molecule has 0 spiro atoms. The van der Waals surface area contributed by atoms with E-state index in [2.05, 4.69) is 73.4 Å². The van der Waals surface area contributed by atoms with Gasteiger partial charge in [-0.3, -0.25) is 10.8 Å². The van der Waals surface area contributed by atoms with Gasteiger partial charge in [-0.2, -0.15) is 0 Å². The molecule has 2 aromatic carbocycles. The standard InChI is InChI=1S/C33H30N2/c1-3-12-28(19-10-15-25-13-6-4-7-14-25)30-23-31(33(35)32(34)24(30)2)29-20-11-18-27(21-22-29)26-16-8-5-9-17-26/h3-10,12-14,16-23,34-35H,1,11,15H2,2H3/b19-10-,28-12+,34-32?,35-33?. The van der Waals surface area contributed by atoms with Crippen LogP contribution in [0.5, 0.6) is 0 Å². The van der Waals surface area contributed by atoms with Crippen molar-refractivity contribution in [1.29, 1.82) is 10.8 Å². The molecule has 0 amide bonds. The van der Waals surface area contributed by atoms with Crippen molar-refractivity contribution in [2.24, 2.45) is 0 Å². The van der Waals surface area contributed by atoms with Crippen LogP contribution in [0.3, 0.4) is 0 Å². The Morgan fingerprint density at radius 3 is 2.26 bits per heavy atom. The van der Waals surface area contributed by atoms with Crippen molar-refractivity contribution in [3.05, 3.63) is 161 Å². The first-order valence-corrected chi connectivity index (χ1v) is 11.9. The average Bonchev–Trinajstić information content (AvgIpc) is 3.15. The van der Waals surface area contributed by atoms with Crippen LogP contribution in [-0.2, 0) is 6.42 Å². The van der Waals surface area contributed by atoms with E-state index in [1.807, 2.05) is 49.4 Å². The molecule has 0 unspecified atom stereocenters. The molecule has 0 atom stereocenters. The molecule has 172 valence electrons. The lowest BCUT2D eigenvalue weighted by Gasteiger charge is -2.21. The third-order valence-corrected chi connectivity index (χ3v) is 6.23. The molecule has 0 heterocycles. The normalized spacial score (nSPS) is 16.7. The van der Waals surface area contributed by atoms with Crippen LogP contribution in [-0.4, -0.2) is 11.4 Å². The van der Waals surface area contributed by atoms with E-state index < -0.39 is 0 Å². The zero-order valence-corrected chi connectivity index (χ0v) is 20.1. The lowest BCUT2D eigenvalue weighted by Crippen LogP contribution is -2.22. The molecule has 2 aromatic rings. The van der Waals surface area contributed by atoms with E-state index in [0.29, 0.717) is 0 Å². The Hall–Kier alpha value is -4.30. The van der Waals surface area contributed by atoms with E-state index in [9.17, 15) is 0 Å². The van der Waals surface area contributed by atoms with Gasteiger partial charge in [0.25, 0.3) is 0 Å². The first kappa shape index (κ1) is 23.8. The van der Waals surface area contributed by atoms with Gasteiger partial charge in [0, 0.05) is 5.57 Å². The van der Waals surface area contributed by atoms with Crippen molar-refractivity contribution in [3.8, 4) is 0 Å². The summed E-state index contributed by atoms with van der Waals surface area (Å²) in [5.74, 6) is 0. The van der Waals surface area contributed by atoms with Crippen molar-refractivity contribution >= 4 is 17.0 Å². The molecule has 0 aliphatic heterocycles. The molecule has 0 saturated heterocycles. The van der Waals surface area contributed by atoms with Gasteiger partial charge in [0.05, 0.1) is 11.4 Å². The van der Waals surface area contributed by atoms with Crippen molar-refractivity contribution < 1.29 is 0 Å². The number of nitrogens with one attached hydrogen (secondary N) is 2. The number of allylic oxidation sites excluding steroid dienone is 15. The van der Waals surface area contributed by atoms with Gasteiger partial charge in [-0.25, -0.2) is 0 Å². The van der Waals surface area contributed by atoms with Gasteiger partial charge in [0.1, 0.15) is 0 Å². The maximum absolute atomic E-state index is 8.71. The molecule has 35 heavy (non-hydrogen) atoms. The number of hydrogen-bond acceptors (Lipinski definition) is 2. The lowest BCUT2D eigenvalue weighted by molar-refractivity contribution is 1.26. The van der Waals surface area contributed by atoms with Crippen molar-refractivity contribution in [1.82, 2.24) is 0 Å². The number of hydrogen-bond donors (Lipinski definition) is 2. The third kappa shape index (κ3) is 5.62. The van der Waals surface area contributed by atoms with Crippen LogP contribution in [0.25, 0.3) is 5.57 Å². The predicted octanol–water partition coefficient (Wildman–Crippen LogP) is 8.16. The fourth-order valence-electron chi connectivity index (χ4n) is 4.28. The van der Waals surface area contributed by atoms with Crippen molar-refractivity contribution in [2.75, 3.05) is 0 Å². The Morgan fingerprint density at radius 1 is 0.886 bits per heavy atom. The van der Waals surface area contributed by atoms with Crippen LogP contribution in [0.2, 0.25) is 0 Å². The lowest BCUT2D eigenvalue weighted by atomic mass is 9.83. The molecule has 2 heteroatoms. The summed E-state index contributed by atoms with van der Waals surface area (Å²) in [7, 11) is 0. The van der Waals surface area contributed by atoms with Crippen molar-refractivity contribution in [2.45, 2.75) is 19.8 Å². The fourth-order valence-corrected chi connectivity index (χ4v) is 4.28. The van der Waals surface area contributed by atoms with Gasteiger partial charge in [-0.05, 0) is 64.8 Å². The molecule has 0 radical (unpaired) electrons. The zero-order chi connectivity index (χ0) is 24.6. The molecule has 4 rings (SSSR count). The second-order valence-electron chi connectivity index (χ2n) is 8.55. The predicted molar refractivity (Wildman–Crippen MR) is 150 cm³/mol. The molecule has 2 aliphatic carbocycles. The van der Waals surface area contributed by atoms with Crippen LogP contribution in [0.15, 0.2) is 150 Å². The Kier molecular flexibility index (Phi) is 7.64. The minimum absolute atomic E-state index is 0.261. The first-order chi connectivity index (χ1) is 17.1. The number of benzene rings is 2. The summed E-state index contributed by atoms with van der Waals surface area (Å²) in [5, 5.41) is 17.4. The Morgan fingerprint density at radius 2 is 1.54 bits per heavy atom. The monoisotopic (exact) mass is 454 g/mol. The highest BCUT2D eigenvalue weighted by Gasteiger charge is 2.24. The van der Waals surface area contributed by atoms with Gasteiger partial charge >= 0.3 is 0 Å². The Balaban J connectivity index is 1.64. The summed E-state index contributed by atoms with van der Waals surface area (Å²) >= 11 is 0. The van der Waals surface area contributed by atoms with E-state index in [-0.39, 0.29) is 11.4 Å². The van der Waals surface area contributed by atoms with Crippen LogP contribution in [0, 0.1) is 10.8 Å². The van der Waals surface area contributed by atoms with Gasteiger partial charge in [-0.1, -0.05) is 116 Å². The molecule has 0 aromatic heterocycles. The third-order valence-electron chi connectivity index (χ3n) is 6.23. The molecule has 0 saturated carbocycles. The van der Waals surface area contributed by atoms with E-state index >= 15 is 0 Å². The first-order valence-electron chi connectivity index (χ1n) is 11.9. The highest BCUT2D eigenvalue weighted by molar-refractivity contribution is 6.53. The summed E-state index contributed by atoms with van der Waals surface area (Å²) in [4.78, 5) is 0. The van der Waals surface area contributed by atoms with Crippen LogP contribution >= 0.6 is 0 Å². The summed E-state index contributed by atoms with van der Waals surface area (Å²) in [6.07, 6.45) is 20.2. The highest BCUT2D eigenvalue weighted by atomic mass is 14.6. The summed E-state index contributed by atoms with van der Waals surface area (Å²) in [5.41, 5.74) is 8.61. The van der Waals surface area contributed by atoms with Gasteiger partial charge in [0.2, 0.25) is 0 Å². The molecule has 0 bridgehead atoms. The number of rotatable bonds is 7. The van der Waals surface area contributed by atoms with E-state index in [4.69, 9.17) is 10.8 Å². The van der Waals surface area contributed by atoms with Crippen LogP contribution in [0.4, 0.5) is 0 Å². The van der Waals surface area contributed by atoms with Gasteiger partial charge in [-0.15, -0.1) is 0 Å². The highest BCUT2D eigenvalue weighted by Crippen LogP contribution is 2.31. The van der Waals surface area contributed by atoms with Crippen LogP contribution < -0.4 is 0 Å². The molecular weight excluding hydrogens is 424 g/mol. The van der Waals surface area contributed by atoms with E-state index in [1.165, 1.54) is 11.1 Å². The maximum atomic E-state index is 8.71. The second-order valence-corrected chi connectivity index (χ2v) is 8.55. The smallest absolute Gasteiger partial charge is 0.0870 e. The van der Waals surface area contributed by atoms with Crippen molar-refractivity contribution in [3.63, 3.8) is 0 Å². The summed E-state index contributed by atoms with van der Waals surface area (Å²) < 4.78 is 0. The topological polar surface area (TPSA) is 47.7 Å². The maximum Gasteiger partial charge on any atom is 0.0870 e. The minimum atomic E-state index is 0.261. The van der Waals surface area contributed by atoms with Crippen LogP contribution in [0.1, 0.15) is 24.5 Å². The summed E-state index contributed by atoms with van der Waals surface area (Å²) in [6.45, 7) is 5.82. The fraction of sp³-hybridized carbons (Fsp3) is 0.0909. The SMILES string of the molecule is C=C/C=C(\C=C/Cc1ccccc1)C1=C(C)C(=N)C(=N)C(C2=CCC=C(c3ccccc3)C=C2)=C1. The molecule has 2 nitrogen and oxygen atoms in total. The quantitative estimate of drug-likeness (QED) is 0.313. The minimum Gasteiger partial charge on any atom is -0.298 e. The largest absolute Gasteiger partial charge is 0.298 e. The second kappa shape index (κ2) is 11.2. The average molecular weight is 455 g/mol. The van der Waals surface area contributed by atoms with E-state index in [0.717, 1.165) is 46.3 Å². The molecule has 2 N–H and O–H groups in total. The molecule has 2 aliphatic rings. The summed E-state index contributed by atoms with van der Waals surface area (Å²) in [6, 6.07) is 20.7.